The van der Waals surface area contributed by atoms with Gasteiger partial charge in [-0.2, -0.15) is 0 Å². The topological polar surface area (TPSA) is 42.4 Å². The molecule has 2 rings (SSSR count). The van der Waals surface area contributed by atoms with Gasteiger partial charge in [0, 0.05) is 19.3 Å². The first-order valence-electron chi connectivity index (χ1n) is 5.66. The molecule has 1 saturated heterocycles. The van der Waals surface area contributed by atoms with E-state index in [0.717, 1.165) is 31.6 Å². The molecule has 1 aliphatic rings. The zero-order chi connectivity index (χ0) is 11.4. The maximum Gasteiger partial charge on any atom is 0.415 e. The molecule has 0 aliphatic carbocycles. The van der Waals surface area contributed by atoms with Gasteiger partial charge in [0.2, 0.25) is 0 Å². The quantitative estimate of drug-likeness (QED) is 0.729. The molecular weight excluding hydrogens is 204 g/mol. The van der Waals surface area contributed by atoms with Crippen LogP contribution in [0.1, 0.15) is 25.0 Å². The Hall–Kier alpha value is -1.58. The van der Waals surface area contributed by atoms with Gasteiger partial charge in [-0.3, -0.25) is 4.98 Å². The lowest BCUT2D eigenvalue weighted by atomic mass is 10.1. The van der Waals surface area contributed by atoms with Gasteiger partial charge in [-0.05, 0) is 38.3 Å². The van der Waals surface area contributed by atoms with Crippen molar-refractivity contribution in [2.45, 2.75) is 26.2 Å². The largest absolute Gasteiger partial charge is 0.415 e. The summed E-state index contributed by atoms with van der Waals surface area (Å²) in [5, 5.41) is 0. The van der Waals surface area contributed by atoms with Gasteiger partial charge in [-0.25, -0.2) is 4.79 Å². The van der Waals surface area contributed by atoms with Crippen molar-refractivity contribution in [2.75, 3.05) is 13.1 Å². The number of amides is 1. The molecule has 0 spiro atoms. The van der Waals surface area contributed by atoms with Crippen molar-refractivity contribution in [3.8, 4) is 5.75 Å². The number of likely N-dealkylation sites (tertiary alicyclic amines) is 1. The maximum absolute atomic E-state index is 11.8. The van der Waals surface area contributed by atoms with E-state index in [-0.39, 0.29) is 6.09 Å². The molecule has 0 saturated carbocycles. The summed E-state index contributed by atoms with van der Waals surface area (Å²) in [6, 6.07) is 3.54. The van der Waals surface area contributed by atoms with Crippen LogP contribution in [0.5, 0.6) is 5.75 Å². The number of carbonyl (C=O) groups is 1. The van der Waals surface area contributed by atoms with Crippen LogP contribution in [0.4, 0.5) is 4.79 Å². The van der Waals surface area contributed by atoms with E-state index in [9.17, 15) is 4.79 Å². The van der Waals surface area contributed by atoms with Gasteiger partial charge >= 0.3 is 6.09 Å². The Balaban J connectivity index is 1.99. The van der Waals surface area contributed by atoms with Crippen molar-refractivity contribution < 1.29 is 9.53 Å². The van der Waals surface area contributed by atoms with Gasteiger partial charge in [-0.15, -0.1) is 0 Å². The van der Waals surface area contributed by atoms with Crippen LogP contribution in [0.3, 0.4) is 0 Å². The molecule has 1 amide bonds. The lowest BCUT2D eigenvalue weighted by Gasteiger charge is -2.25. The van der Waals surface area contributed by atoms with Gasteiger partial charge in [0.1, 0.15) is 0 Å². The lowest BCUT2D eigenvalue weighted by molar-refractivity contribution is 0.142. The maximum atomic E-state index is 11.8. The number of hydrogen-bond acceptors (Lipinski definition) is 3. The molecule has 0 N–H and O–H groups in total. The summed E-state index contributed by atoms with van der Waals surface area (Å²) < 4.78 is 5.31. The second-order valence-corrected chi connectivity index (χ2v) is 4.00. The number of pyridine rings is 1. The Morgan fingerprint density at radius 3 is 2.81 bits per heavy atom. The molecule has 86 valence electrons. The van der Waals surface area contributed by atoms with Gasteiger partial charge in [0.05, 0.1) is 5.69 Å². The molecule has 0 unspecified atom stereocenters. The highest BCUT2D eigenvalue weighted by atomic mass is 16.6. The van der Waals surface area contributed by atoms with Crippen molar-refractivity contribution in [1.29, 1.82) is 0 Å². The van der Waals surface area contributed by atoms with Crippen LogP contribution < -0.4 is 4.74 Å². The van der Waals surface area contributed by atoms with Crippen LogP contribution in [0.15, 0.2) is 18.3 Å². The van der Waals surface area contributed by atoms with Crippen molar-refractivity contribution in [1.82, 2.24) is 9.88 Å². The SMILES string of the molecule is Cc1ncccc1OC(=O)N1CCCCC1. The Morgan fingerprint density at radius 1 is 1.38 bits per heavy atom. The molecule has 1 aliphatic heterocycles. The standard InChI is InChI=1S/C12H16N2O2/c1-10-11(6-5-7-13-10)16-12(15)14-8-3-2-4-9-14/h5-7H,2-4,8-9H2,1H3. The summed E-state index contributed by atoms with van der Waals surface area (Å²) in [5.41, 5.74) is 0.743. The highest BCUT2D eigenvalue weighted by Gasteiger charge is 2.18. The first kappa shape index (κ1) is 10.9. The minimum absolute atomic E-state index is 0.254. The van der Waals surface area contributed by atoms with Crippen molar-refractivity contribution in [3.63, 3.8) is 0 Å². The van der Waals surface area contributed by atoms with Crippen LogP contribution >= 0.6 is 0 Å². The van der Waals surface area contributed by atoms with Crippen molar-refractivity contribution in [3.05, 3.63) is 24.0 Å². The molecule has 4 heteroatoms. The molecule has 4 nitrogen and oxygen atoms in total. The normalized spacial score (nSPS) is 15.9. The summed E-state index contributed by atoms with van der Waals surface area (Å²) in [6.45, 7) is 3.44. The summed E-state index contributed by atoms with van der Waals surface area (Å²) >= 11 is 0. The molecule has 1 aromatic rings. The Labute approximate surface area is 95.2 Å². The molecule has 0 bridgehead atoms. The molecule has 0 radical (unpaired) electrons. The minimum Gasteiger partial charge on any atom is -0.408 e. The number of piperidine rings is 1. The summed E-state index contributed by atoms with van der Waals surface area (Å²) in [7, 11) is 0. The van der Waals surface area contributed by atoms with E-state index < -0.39 is 0 Å². The second kappa shape index (κ2) is 4.96. The number of rotatable bonds is 1. The monoisotopic (exact) mass is 220 g/mol. The molecular formula is C12H16N2O2. The van der Waals surface area contributed by atoms with Gasteiger partial charge in [0.15, 0.2) is 5.75 Å². The van der Waals surface area contributed by atoms with E-state index in [2.05, 4.69) is 4.98 Å². The number of carbonyl (C=O) groups excluding carboxylic acids is 1. The average molecular weight is 220 g/mol. The third-order valence-corrected chi connectivity index (χ3v) is 2.77. The summed E-state index contributed by atoms with van der Waals surface area (Å²) in [4.78, 5) is 17.6. The fourth-order valence-electron chi connectivity index (χ4n) is 1.81. The lowest BCUT2D eigenvalue weighted by Crippen LogP contribution is -2.37. The predicted molar refractivity (Wildman–Crippen MR) is 60.4 cm³/mol. The van der Waals surface area contributed by atoms with Crippen molar-refractivity contribution >= 4 is 6.09 Å². The van der Waals surface area contributed by atoms with E-state index >= 15 is 0 Å². The number of aryl methyl sites for hydroxylation is 1. The molecule has 0 aromatic carbocycles. The zero-order valence-electron chi connectivity index (χ0n) is 9.48. The second-order valence-electron chi connectivity index (χ2n) is 4.00. The Bertz CT molecular complexity index is 373. The smallest absolute Gasteiger partial charge is 0.408 e. The van der Waals surface area contributed by atoms with Crippen LogP contribution in [-0.4, -0.2) is 29.1 Å². The number of ether oxygens (including phenoxy) is 1. The number of hydrogen-bond donors (Lipinski definition) is 0. The fraction of sp³-hybridized carbons (Fsp3) is 0.500. The molecule has 0 atom stereocenters. The first-order chi connectivity index (χ1) is 7.77. The van der Waals surface area contributed by atoms with Gasteiger partial charge in [-0.1, -0.05) is 0 Å². The highest BCUT2D eigenvalue weighted by molar-refractivity contribution is 5.71. The predicted octanol–water partition coefficient (Wildman–Crippen LogP) is 2.37. The van der Waals surface area contributed by atoms with Crippen molar-refractivity contribution in [2.24, 2.45) is 0 Å². The van der Waals surface area contributed by atoms with E-state index in [1.807, 2.05) is 6.92 Å². The third-order valence-electron chi connectivity index (χ3n) is 2.77. The molecule has 1 aromatic heterocycles. The van der Waals surface area contributed by atoms with Crippen LogP contribution in [0, 0.1) is 6.92 Å². The fourth-order valence-corrected chi connectivity index (χ4v) is 1.81. The number of nitrogens with zero attached hydrogens (tertiary/aromatic N) is 2. The van der Waals surface area contributed by atoms with Gasteiger partial charge < -0.3 is 9.64 Å². The van der Waals surface area contributed by atoms with E-state index in [1.54, 1.807) is 23.2 Å². The summed E-state index contributed by atoms with van der Waals surface area (Å²) in [6.07, 6.45) is 4.78. The summed E-state index contributed by atoms with van der Waals surface area (Å²) in [5.74, 6) is 0.554. The number of aromatic nitrogens is 1. The van der Waals surface area contributed by atoms with Crippen LogP contribution in [-0.2, 0) is 0 Å². The zero-order valence-corrected chi connectivity index (χ0v) is 9.48. The van der Waals surface area contributed by atoms with E-state index in [1.165, 1.54) is 6.42 Å². The molecule has 1 fully saturated rings. The Morgan fingerprint density at radius 2 is 2.12 bits per heavy atom. The van der Waals surface area contributed by atoms with Crippen LogP contribution in [0.2, 0.25) is 0 Å². The van der Waals surface area contributed by atoms with E-state index in [0.29, 0.717) is 5.75 Å². The Kier molecular flexibility index (Phi) is 3.39. The molecule has 2 heterocycles. The first-order valence-corrected chi connectivity index (χ1v) is 5.66. The average Bonchev–Trinajstić information content (AvgIpc) is 2.33. The molecule has 16 heavy (non-hydrogen) atoms. The third kappa shape index (κ3) is 2.51. The highest BCUT2D eigenvalue weighted by Crippen LogP contribution is 2.16. The van der Waals surface area contributed by atoms with Gasteiger partial charge in [0.25, 0.3) is 0 Å². The van der Waals surface area contributed by atoms with E-state index in [4.69, 9.17) is 4.74 Å². The van der Waals surface area contributed by atoms with Crippen LogP contribution in [0.25, 0.3) is 0 Å². The minimum atomic E-state index is -0.254.